The molecule has 0 fully saturated rings. The van der Waals surface area contributed by atoms with E-state index in [0.717, 1.165) is 0 Å². The van der Waals surface area contributed by atoms with E-state index in [1.54, 1.807) is 0 Å². The molecule has 3 heteroatoms. The van der Waals surface area contributed by atoms with Crippen molar-refractivity contribution in [2.75, 3.05) is 5.50 Å². The zero-order valence-corrected chi connectivity index (χ0v) is 11.9. The Morgan fingerprint density at radius 2 is 1.79 bits per heavy atom. The number of hydrogen-bond donors (Lipinski definition) is 0. The van der Waals surface area contributed by atoms with Crippen molar-refractivity contribution in [1.29, 1.82) is 0 Å². The molecular weight excluding hydrogens is 212 g/mol. The predicted octanol–water partition coefficient (Wildman–Crippen LogP) is 4.35. The van der Waals surface area contributed by atoms with Crippen LogP contribution in [0.25, 0.3) is 0 Å². The van der Waals surface area contributed by atoms with Crippen LogP contribution in [-0.2, 0) is 4.43 Å². The molecule has 1 unspecified atom stereocenters. The summed E-state index contributed by atoms with van der Waals surface area (Å²) in [5, 5.41) is 0. The molecule has 14 heavy (non-hydrogen) atoms. The van der Waals surface area contributed by atoms with Crippen LogP contribution < -0.4 is 0 Å². The molecule has 0 rings (SSSR count). The molecule has 0 aliphatic carbocycles. The molecule has 0 N–H and O–H groups in total. The highest BCUT2D eigenvalue weighted by Gasteiger charge is 2.24. The fourth-order valence-electron chi connectivity index (χ4n) is 1.50. The molecule has 0 bridgehead atoms. The second-order valence-electron chi connectivity index (χ2n) is 4.56. The van der Waals surface area contributed by atoms with Crippen LogP contribution in [0.2, 0.25) is 13.1 Å². The summed E-state index contributed by atoms with van der Waals surface area (Å²) in [4.78, 5) is 0. The molecule has 0 spiro atoms. The molecule has 0 saturated carbocycles. The van der Waals surface area contributed by atoms with Crippen LogP contribution in [0, 0.1) is 0 Å². The van der Waals surface area contributed by atoms with Crippen molar-refractivity contribution in [1.82, 2.24) is 0 Å². The van der Waals surface area contributed by atoms with Crippen molar-refractivity contribution in [3.05, 3.63) is 0 Å². The minimum Gasteiger partial charge on any atom is -0.413 e. The van der Waals surface area contributed by atoms with E-state index >= 15 is 0 Å². The lowest BCUT2D eigenvalue weighted by Gasteiger charge is -2.27. The smallest absolute Gasteiger partial charge is 0.201 e. The van der Waals surface area contributed by atoms with Gasteiger partial charge in [0.1, 0.15) is 0 Å². The standard InChI is InChI=1S/C11H25ClOSi/c1-5-7-9-11(8-6-2)13-14(3,4)10-12/h11H,5-10H2,1-4H3. The van der Waals surface area contributed by atoms with Crippen LogP contribution in [-0.4, -0.2) is 19.9 Å². The molecule has 86 valence electrons. The van der Waals surface area contributed by atoms with Gasteiger partial charge >= 0.3 is 0 Å². The van der Waals surface area contributed by atoms with E-state index in [4.69, 9.17) is 16.0 Å². The fourth-order valence-corrected chi connectivity index (χ4v) is 2.89. The van der Waals surface area contributed by atoms with E-state index in [2.05, 4.69) is 26.9 Å². The van der Waals surface area contributed by atoms with Gasteiger partial charge in [-0.05, 0) is 25.9 Å². The summed E-state index contributed by atoms with van der Waals surface area (Å²) in [6, 6.07) is 0. The van der Waals surface area contributed by atoms with E-state index in [1.165, 1.54) is 32.1 Å². The zero-order chi connectivity index (χ0) is 11.0. The first kappa shape index (κ1) is 14.5. The minimum absolute atomic E-state index is 0.459. The molecule has 0 aromatic heterocycles. The van der Waals surface area contributed by atoms with Crippen LogP contribution in [0.15, 0.2) is 0 Å². The summed E-state index contributed by atoms with van der Waals surface area (Å²) in [6.07, 6.45) is 6.59. The molecule has 0 heterocycles. The Kier molecular flexibility index (Phi) is 7.98. The van der Waals surface area contributed by atoms with Crippen molar-refractivity contribution in [3.63, 3.8) is 0 Å². The zero-order valence-electron chi connectivity index (χ0n) is 10.1. The van der Waals surface area contributed by atoms with E-state index in [9.17, 15) is 0 Å². The summed E-state index contributed by atoms with van der Waals surface area (Å²) in [6.45, 7) is 8.86. The third-order valence-electron chi connectivity index (χ3n) is 2.30. The summed E-state index contributed by atoms with van der Waals surface area (Å²) >= 11 is 5.91. The Balaban J connectivity index is 3.94. The van der Waals surface area contributed by atoms with E-state index < -0.39 is 8.32 Å². The van der Waals surface area contributed by atoms with Gasteiger partial charge in [-0.25, -0.2) is 0 Å². The lowest BCUT2D eigenvalue weighted by Crippen LogP contribution is -2.37. The fraction of sp³-hybridized carbons (Fsp3) is 1.00. The monoisotopic (exact) mass is 236 g/mol. The van der Waals surface area contributed by atoms with E-state index in [0.29, 0.717) is 11.6 Å². The van der Waals surface area contributed by atoms with Gasteiger partial charge in [0.2, 0.25) is 8.32 Å². The summed E-state index contributed by atoms with van der Waals surface area (Å²) in [7, 11) is -1.56. The topological polar surface area (TPSA) is 9.23 Å². The van der Waals surface area contributed by atoms with Crippen LogP contribution >= 0.6 is 11.6 Å². The Morgan fingerprint density at radius 3 is 2.21 bits per heavy atom. The van der Waals surface area contributed by atoms with Crippen LogP contribution in [0.3, 0.4) is 0 Å². The first-order valence-corrected chi connectivity index (χ1v) is 9.44. The Bertz CT molecular complexity index is 139. The van der Waals surface area contributed by atoms with Crippen molar-refractivity contribution in [3.8, 4) is 0 Å². The van der Waals surface area contributed by atoms with Gasteiger partial charge in [-0.1, -0.05) is 33.1 Å². The third kappa shape index (κ3) is 6.85. The van der Waals surface area contributed by atoms with Crippen molar-refractivity contribution >= 4 is 19.9 Å². The molecule has 0 aliphatic rings. The Hall–Kier alpha value is 0.467. The Labute approximate surface area is 95.3 Å². The first-order chi connectivity index (χ1) is 6.55. The third-order valence-corrected chi connectivity index (χ3v) is 5.84. The number of hydrogen-bond acceptors (Lipinski definition) is 1. The molecular formula is C11H25ClOSi. The molecule has 0 aliphatic heterocycles. The molecule has 0 saturated heterocycles. The van der Waals surface area contributed by atoms with Gasteiger partial charge < -0.3 is 4.43 Å². The van der Waals surface area contributed by atoms with Crippen LogP contribution in [0.4, 0.5) is 0 Å². The molecule has 0 radical (unpaired) electrons. The second-order valence-corrected chi connectivity index (χ2v) is 9.39. The largest absolute Gasteiger partial charge is 0.413 e. The van der Waals surface area contributed by atoms with Gasteiger partial charge in [-0.15, -0.1) is 11.6 Å². The number of halogens is 1. The average Bonchev–Trinajstić information content (AvgIpc) is 2.14. The molecule has 1 atom stereocenters. The van der Waals surface area contributed by atoms with Crippen LogP contribution in [0.1, 0.15) is 46.0 Å². The van der Waals surface area contributed by atoms with Gasteiger partial charge in [0.15, 0.2) is 0 Å². The lowest BCUT2D eigenvalue weighted by molar-refractivity contribution is 0.169. The van der Waals surface area contributed by atoms with Crippen molar-refractivity contribution in [2.24, 2.45) is 0 Å². The Morgan fingerprint density at radius 1 is 1.14 bits per heavy atom. The minimum atomic E-state index is -1.56. The van der Waals surface area contributed by atoms with E-state index in [-0.39, 0.29) is 0 Å². The maximum Gasteiger partial charge on any atom is 0.201 e. The number of unbranched alkanes of at least 4 members (excludes halogenated alkanes) is 1. The normalized spacial score (nSPS) is 14.4. The average molecular weight is 237 g/mol. The summed E-state index contributed by atoms with van der Waals surface area (Å²) in [5.41, 5.74) is 0.708. The maximum absolute atomic E-state index is 6.14. The highest BCUT2D eigenvalue weighted by atomic mass is 35.5. The number of alkyl halides is 1. The first-order valence-electron chi connectivity index (χ1n) is 5.79. The summed E-state index contributed by atoms with van der Waals surface area (Å²) < 4.78 is 6.14. The lowest BCUT2D eigenvalue weighted by atomic mass is 10.1. The van der Waals surface area contributed by atoms with E-state index in [1.807, 2.05) is 0 Å². The summed E-state index contributed by atoms with van der Waals surface area (Å²) in [5.74, 6) is 0. The van der Waals surface area contributed by atoms with Crippen molar-refractivity contribution < 1.29 is 4.43 Å². The highest BCUT2D eigenvalue weighted by Crippen LogP contribution is 2.17. The molecule has 0 aromatic rings. The highest BCUT2D eigenvalue weighted by molar-refractivity contribution is 6.77. The molecule has 1 nitrogen and oxygen atoms in total. The van der Waals surface area contributed by atoms with Gasteiger partial charge in [0.05, 0.1) is 0 Å². The second kappa shape index (κ2) is 7.72. The molecule has 0 amide bonds. The quantitative estimate of drug-likeness (QED) is 0.450. The maximum atomic E-state index is 6.14. The van der Waals surface area contributed by atoms with Gasteiger partial charge in [-0.2, -0.15) is 0 Å². The van der Waals surface area contributed by atoms with Gasteiger partial charge in [0.25, 0.3) is 0 Å². The van der Waals surface area contributed by atoms with Crippen molar-refractivity contribution in [2.45, 2.75) is 65.1 Å². The molecule has 0 aromatic carbocycles. The SMILES string of the molecule is CCCCC(CCC)O[Si](C)(C)CCl. The van der Waals surface area contributed by atoms with Gasteiger partial charge in [0, 0.05) is 11.6 Å². The predicted molar refractivity (Wildman–Crippen MR) is 67.5 cm³/mol. The number of rotatable bonds is 8. The van der Waals surface area contributed by atoms with Gasteiger partial charge in [-0.3, -0.25) is 0 Å². The van der Waals surface area contributed by atoms with Crippen LogP contribution in [0.5, 0.6) is 0 Å².